The molecule has 0 bridgehead atoms. The number of hydrogen-bond acceptors (Lipinski definition) is 4. The topological polar surface area (TPSA) is 53.3 Å². The molecule has 6 heteroatoms. The maximum absolute atomic E-state index is 13.7. The fraction of sp³-hybridized carbons (Fsp3) is 0.385. The van der Waals surface area contributed by atoms with Crippen LogP contribution in [-0.4, -0.2) is 26.7 Å². The highest BCUT2D eigenvalue weighted by atomic mass is 19.1. The van der Waals surface area contributed by atoms with Crippen molar-refractivity contribution in [1.82, 2.24) is 0 Å². The molecule has 102 valence electrons. The van der Waals surface area contributed by atoms with Crippen LogP contribution in [0, 0.1) is 23.0 Å². The lowest BCUT2D eigenvalue weighted by Crippen LogP contribution is -2.22. The van der Waals surface area contributed by atoms with E-state index in [1.807, 2.05) is 0 Å². The molecule has 19 heavy (non-hydrogen) atoms. The summed E-state index contributed by atoms with van der Waals surface area (Å²) in [6.07, 6.45) is 0.600. The summed E-state index contributed by atoms with van der Waals surface area (Å²) in [4.78, 5) is 12.3. The number of esters is 1. The van der Waals surface area contributed by atoms with Crippen LogP contribution in [0.4, 0.5) is 14.5 Å². The number of carbonyl (C=O) groups excluding carboxylic acids is 1. The van der Waals surface area contributed by atoms with E-state index in [1.165, 1.54) is 19.1 Å². The summed E-state index contributed by atoms with van der Waals surface area (Å²) in [6, 6.07) is 3.64. The Morgan fingerprint density at radius 1 is 1.42 bits per heavy atom. The van der Waals surface area contributed by atoms with Crippen LogP contribution in [0.2, 0.25) is 0 Å². The minimum atomic E-state index is -0.794. The van der Waals surface area contributed by atoms with E-state index in [-0.39, 0.29) is 23.6 Å². The second-order valence-electron chi connectivity index (χ2n) is 4.00. The van der Waals surface area contributed by atoms with Crippen LogP contribution in [0.3, 0.4) is 0 Å². The number of methoxy groups -OCH3 is 1. The maximum atomic E-state index is 13.7. The average molecular weight is 268 g/mol. The molecule has 0 spiro atoms. The van der Waals surface area contributed by atoms with Crippen LogP contribution in [0.25, 0.3) is 0 Å². The SMILES string of the molecule is COC(=O)CCCN(C)c1c(F)cc(C#N)cc1F. The van der Waals surface area contributed by atoms with Crippen molar-refractivity contribution in [1.29, 1.82) is 5.26 Å². The molecule has 0 aliphatic carbocycles. The standard InChI is InChI=1S/C13H14F2N2O2/c1-17(5-3-4-12(18)19-2)13-10(14)6-9(8-16)7-11(13)15/h6-7H,3-5H2,1-2H3. The minimum absolute atomic E-state index is 0.0679. The molecule has 0 fully saturated rings. The van der Waals surface area contributed by atoms with Crippen molar-refractivity contribution in [3.8, 4) is 6.07 Å². The van der Waals surface area contributed by atoms with Crippen LogP contribution < -0.4 is 4.90 Å². The molecular weight excluding hydrogens is 254 g/mol. The Kier molecular flexibility index (Phi) is 5.24. The van der Waals surface area contributed by atoms with Gasteiger partial charge in [-0.2, -0.15) is 5.26 Å². The summed E-state index contributed by atoms with van der Waals surface area (Å²) >= 11 is 0. The van der Waals surface area contributed by atoms with Gasteiger partial charge in [-0.3, -0.25) is 4.79 Å². The molecule has 1 aromatic rings. The second kappa shape index (κ2) is 6.69. The molecule has 0 saturated heterocycles. The molecular formula is C13H14F2N2O2. The lowest BCUT2D eigenvalue weighted by Gasteiger charge is -2.20. The molecule has 0 N–H and O–H groups in total. The summed E-state index contributed by atoms with van der Waals surface area (Å²) in [6.45, 7) is 0.300. The first kappa shape index (κ1) is 14.9. The van der Waals surface area contributed by atoms with Crippen molar-refractivity contribution in [3.05, 3.63) is 29.3 Å². The first-order chi connectivity index (χ1) is 8.99. The molecule has 0 radical (unpaired) electrons. The highest BCUT2D eigenvalue weighted by Crippen LogP contribution is 2.24. The summed E-state index contributed by atoms with van der Waals surface area (Å²) in [5, 5.41) is 8.60. The molecule has 0 amide bonds. The molecule has 0 aliphatic heterocycles. The van der Waals surface area contributed by atoms with Gasteiger partial charge < -0.3 is 9.64 Å². The van der Waals surface area contributed by atoms with Gasteiger partial charge in [-0.05, 0) is 18.6 Å². The third-order valence-electron chi connectivity index (χ3n) is 2.63. The highest BCUT2D eigenvalue weighted by Gasteiger charge is 2.15. The van der Waals surface area contributed by atoms with Gasteiger partial charge in [0.1, 0.15) is 5.69 Å². The Labute approximate surface area is 110 Å². The number of ether oxygens (including phenoxy) is 1. The molecule has 4 nitrogen and oxygen atoms in total. The van der Waals surface area contributed by atoms with Crippen molar-refractivity contribution < 1.29 is 18.3 Å². The van der Waals surface area contributed by atoms with Crippen LogP contribution >= 0.6 is 0 Å². The zero-order chi connectivity index (χ0) is 14.4. The number of halogens is 2. The summed E-state index contributed by atoms with van der Waals surface area (Å²) in [7, 11) is 2.80. The van der Waals surface area contributed by atoms with Crippen molar-refractivity contribution >= 4 is 11.7 Å². The lowest BCUT2D eigenvalue weighted by molar-refractivity contribution is -0.140. The smallest absolute Gasteiger partial charge is 0.305 e. The zero-order valence-corrected chi connectivity index (χ0v) is 10.7. The first-order valence-corrected chi connectivity index (χ1v) is 5.66. The van der Waals surface area contributed by atoms with Gasteiger partial charge in [0.05, 0.1) is 18.7 Å². The predicted molar refractivity (Wildman–Crippen MR) is 65.6 cm³/mol. The van der Waals surface area contributed by atoms with Gasteiger partial charge >= 0.3 is 5.97 Å². The van der Waals surface area contributed by atoms with Gasteiger partial charge in [-0.15, -0.1) is 0 Å². The molecule has 0 aromatic heterocycles. The Morgan fingerprint density at radius 3 is 2.47 bits per heavy atom. The van der Waals surface area contributed by atoms with Crippen molar-refractivity contribution in [2.75, 3.05) is 25.6 Å². The minimum Gasteiger partial charge on any atom is -0.469 e. The van der Waals surface area contributed by atoms with E-state index in [4.69, 9.17) is 5.26 Å². The van der Waals surface area contributed by atoms with Gasteiger partial charge in [0, 0.05) is 20.0 Å². The molecule has 1 rings (SSSR count). The number of nitriles is 1. The van der Waals surface area contributed by atoms with Gasteiger partial charge in [-0.25, -0.2) is 8.78 Å². The summed E-state index contributed by atoms with van der Waals surface area (Å²) in [5.41, 5.74) is -0.273. The number of hydrogen-bond donors (Lipinski definition) is 0. The van der Waals surface area contributed by atoms with E-state index < -0.39 is 11.6 Å². The molecule has 0 saturated carbocycles. The van der Waals surface area contributed by atoms with E-state index in [0.717, 1.165) is 12.1 Å². The Morgan fingerprint density at radius 2 is 2.00 bits per heavy atom. The molecule has 1 aromatic carbocycles. The van der Waals surface area contributed by atoms with Gasteiger partial charge in [0.2, 0.25) is 0 Å². The van der Waals surface area contributed by atoms with E-state index in [2.05, 4.69) is 4.74 Å². The quantitative estimate of drug-likeness (QED) is 0.768. The van der Waals surface area contributed by atoms with Crippen molar-refractivity contribution in [2.45, 2.75) is 12.8 Å². The van der Waals surface area contributed by atoms with Crippen molar-refractivity contribution in [3.63, 3.8) is 0 Å². The summed E-state index contributed by atoms with van der Waals surface area (Å²) < 4.78 is 31.8. The van der Waals surface area contributed by atoms with Gasteiger partial charge in [-0.1, -0.05) is 0 Å². The number of carbonyl (C=O) groups is 1. The number of anilines is 1. The van der Waals surface area contributed by atoms with E-state index in [1.54, 1.807) is 6.07 Å². The number of nitrogens with zero attached hydrogens (tertiary/aromatic N) is 2. The van der Waals surface area contributed by atoms with Gasteiger partial charge in [0.25, 0.3) is 0 Å². The largest absolute Gasteiger partial charge is 0.469 e. The molecule has 0 atom stereocenters. The van der Waals surface area contributed by atoms with E-state index in [9.17, 15) is 13.6 Å². The Hall–Kier alpha value is -2.16. The zero-order valence-electron chi connectivity index (χ0n) is 10.7. The van der Waals surface area contributed by atoms with Crippen LogP contribution in [0.1, 0.15) is 18.4 Å². The van der Waals surface area contributed by atoms with E-state index >= 15 is 0 Å². The third kappa shape index (κ3) is 3.91. The first-order valence-electron chi connectivity index (χ1n) is 5.66. The Bertz CT molecular complexity index is 489. The number of benzene rings is 1. The fourth-order valence-corrected chi connectivity index (χ4v) is 1.67. The summed E-state index contributed by atoms with van der Waals surface area (Å²) in [5.74, 6) is -1.96. The third-order valence-corrected chi connectivity index (χ3v) is 2.63. The van der Waals surface area contributed by atoms with Crippen LogP contribution in [0.5, 0.6) is 0 Å². The van der Waals surface area contributed by atoms with Crippen LogP contribution in [0.15, 0.2) is 12.1 Å². The molecule has 0 unspecified atom stereocenters. The molecule has 0 aliphatic rings. The molecule has 0 heterocycles. The Balaban J connectivity index is 2.75. The van der Waals surface area contributed by atoms with E-state index in [0.29, 0.717) is 13.0 Å². The van der Waals surface area contributed by atoms with Gasteiger partial charge in [0.15, 0.2) is 11.6 Å². The highest BCUT2D eigenvalue weighted by molar-refractivity contribution is 5.69. The van der Waals surface area contributed by atoms with Crippen LogP contribution in [-0.2, 0) is 9.53 Å². The fourth-order valence-electron chi connectivity index (χ4n) is 1.67. The second-order valence-corrected chi connectivity index (χ2v) is 4.00. The lowest BCUT2D eigenvalue weighted by atomic mass is 10.2. The average Bonchev–Trinajstić information content (AvgIpc) is 2.37. The normalized spacial score (nSPS) is 9.84. The monoisotopic (exact) mass is 268 g/mol. The number of rotatable bonds is 5. The maximum Gasteiger partial charge on any atom is 0.305 e. The van der Waals surface area contributed by atoms with Crippen molar-refractivity contribution in [2.24, 2.45) is 0 Å². The predicted octanol–water partition coefficient (Wildman–Crippen LogP) is 2.23.